The van der Waals surface area contributed by atoms with Gasteiger partial charge in [-0.3, -0.25) is 14.4 Å². The summed E-state index contributed by atoms with van der Waals surface area (Å²) in [5.41, 5.74) is 1.64. The van der Waals surface area contributed by atoms with Crippen molar-refractivity contribution in [3.05, 3.63) is 58.9 Å². The first-order valence-corrected chi connectivity index (χ1v) is 9.15. The van der Waals surface area contributed by atoms with Crippen LogP contribution in [0.25, 0.3) is 10.9 Å². The van der Waals surface area contributed by atoms with Crippen molar-refractivity contribution >= 4 is 34.1 Å². The Morgan fingerprint density at radius 1 is 1.11 bits per heavy atom. The fourth-order valence-electron chi connectivity index (χ4n) is 3.27. The Morgan fingerprint density at radius 2 is 1.96 bits per heavy atom. The first-order chi connectivity index (χ1) is 13.6. The summed E-state index contributed by atoms with van der Waals surface area (Å²) in [5, 5.41) is 11.2. The summed E-state index contributed by atoms with van der Waals surface area (Å²) in [4.78, 5) is 38.3. The summed E-state index contributed by atoms with van der Waals surface area (Å²) >= 11 is 0. The molecule has 1 aliphatic rings. The van der Waals surface area contributed by atoms with Crippen molar-refractivity contribution < 1.29 is 9.59 Å². The molecule has 0 radical (unpaired) electrons. The summed E-state index contributed by atoms with van der Waals surface area (Å²) in [6.07, 6.45) is 1.48. The molecule has 0 unspecified atom stereocenters. The fourth-order valence-corrected chi connectivity index (χ4v) is 3.27. The SMILES string of the molecule is O=C(CCn1nnc2ccccc2c1=O)Nc1cccc(N2CCCC2=O)c1. The number of rotatable bonds is 5. The highest BCUT2D eigenvalue weighted by molar-refractivity contribution is 5.97. The zero-order chi connectivity index (χ0) is 19.5. The number of amides is 2. The van der Waals surface area contributed by atoms with Gasteiger partial charge in [0.2, 0.25) is 11.8 Å². The van der Waals surface area contributed by atoms with E-state index in [1.807, 2.05) is 6.07 Å². The van der Waals surface area contributed by atoms with Gasteiger partial charge >= 0.3 is 0 Å². The average molecular weight is 377 g/mol. The Labute approximate surface area is 160 Å². The first-order valence-electron chi connectivity index (χ1n) is 9.15. The van der Waals surface area contributed by atoms with Crippen LogP contribution in [0.3, 0.4) is 0 Å². The standard InChI is InChI=1S/C20H19N5O3/c26-18(10-12-25-20(28)16-7-1-2-8-17(16)22-23-25)21-14-5-3-6-15(13-14)24-11-4-9-19(24)27/h1-3,5-8,13H,4,9-12H2,(H,21,26). The molecule has 1 fully saturated rings. The van der Waals surface area contributed by atoms with Gasteiger partial charge in [-0.15, -0.1) is 5.10 Å². The summed E-state index contributed by atoms with van der Waals surface area (Å²) < 4.78 is 1.20. The molecule has 8 heteroatoms. The largest absolute Gasteiger partial charge is 0.326 e. The number of hydrogen-bond donors (Lipinski definition) is 1. The monoisotopic (exact) mass is 377 g/mol. The number of aromatic nitrogens is 3. The zero-order valence-corrected chi connectivity index (χ0v) is 15.2. The van der Waals surface area contributed by atoms with Gasteiger partial charge < -0.3 is 10.2 Å². The molecule has 1 aliphatic heterocycles. The van der Waals surface area contributed by atoms with Crippen LogP contribution in [0.2, 0.25) is 0 Å². The van der Waals surface area contributed by atoms with Crippen molar-refractivity contribution in [3.63, 3.8) is 0 Å². The predicted molar refractivity (Wildman–Crippen MR) is 105 cm³/mol. The minimum Gasteiger partial charge on any atom is -0.326 e. The van der Waals surface area contributed by atoms with Crippen LogP contribution in [0.5, 0.6) is 0 Å². The quantitative estimate of drug-likeness (QED) is 0.733. The lowest BCUT2D eigenvalue weighted by Gasteiger charge is -2.16. The maximum atomic E-state index is 12.4. The highest BCUT2D eigenvalue weighted by Gasteiger charge is 2.21. The van der Waals surface area contributed by atoms with E-state index in [0.29, 0.717) is 29.6 Å². The van der Waals surface area contributed by atoms with Crippen molar-refractivity contribution in [2.75, 3.05) is 16.8 Å². The minimum absolute atomic E-state index is 0.0831. The Kier molecular flexibility index (Phi) is 4.84. The normalized spacial score (nSPS) is 13.9. The molecule has 0 spiro atoms. The molecule has 1 saturated heterocycles. The minimum atomic E-state index is -0.270. The lowest BCUT2D eigenvalue weighted by Crippen LogP contribution is -2.26. The third-order valence-electron chi connectivity index (χ3n) is 4.69. The van der Waals surface area contributed by atoms with E-state index in [9.17, 15) is 14.4 Å². The van der Waals surface area contributed by atoms with Gasteiger partial charge in [0.1, 0.15) is 5.52 Å². The Hall–Kier alpha value is -3.55. The number of hydrogen-bond acceptors (Lipinski definition) is 5. The average Bonchev–Trinajstić information content (AvgIpc) is 3.14. The second-order valence-corrected chi connectivity index (χ2v) is 6.63. The van der Waals surface area contributed by atoms with E-state index < -0.39 is 0 Å². The molecule has 3 aromatic rings. The second-order valence-electron chi connectivity index (χ2n) is 6.63. The number of fused-ring (bicyclic) bond motifs is 1. The molecule has 28 heavy (non-hydrogen) atoms. The van der Waals surface area contributed by atoms with E-state index in [4.69, 9.17) is 0 Å². The van der Waals surface area contributed by atoms with Gasteiger partial charge in [0, 0.05) is 30.8 Å². The van der Waals surface area contributed by atoms with Crippen LogP contribution in [0.15, 0.2) is 53.3 Å². The van der Waals surface area contributed by atoms with Gasteiger partial charge in [-0.25, -0.2) is 4.68 Å². The van der Waals surface area contributed by atoms with Gasteiger partial charge in [-0.2, -0.15) is 0 Å². The number of anilines is 2. The van der Waals surface area contributed by atoms with Crippen molar-refractivity contribution in [2.45, 2.75) is 25.8 Å². The number of aryl methyl sites for hydroxylation is 1. The highest BCUT2D eigenvalue weighted by atomic mass is 16.2. The van der Waals surface area contributed by atoms with Crippen molar-refractivity contribution in [2.24, 2.45) is 0 Å². The summed E-state index contributed by atoms with van der Waals surface area (Å²) in [7, 11) is 0. The van der Waals surface area contributed by atoms with Gasteiger partial charge in [0.25, 0.3) is 5.56 Å². The van der Waals surface area contributed by atoms with Crippen molar-refractivity contribution in [1.29, 1.82) is 0 Å². The van der Waals surface area contributed by atoms with E-state index in [-0.39, 0.29) is 30.3 Å². The summed E-state index contributed by atoms with van der Waals surface area (Å²) in [5.74, 6) is -0.149. The molecule has 0 bridgehead atoms. The van der Waals surface area contributed by atoms with Crippen LogP contribution in [-0.4, -0.2) is 33.4 Å². The zero-order valence-electron chi connectivity index (χ0n) is 15.2. The second kappa shape index (κ2) is 7.59. The lowest BCUT2D eigenvalue weighted by molar-refractivity contribution is -0.117. The molecule has 2 amide bonds. The highest BCUT2D eigenvalue weighted by Crippen LogP contribution is 2.24. The topological polar surface area (TPSA) is 97.2 Å². The van der Waals surface area contributed by atoms with E-state index in [1.165, 1.54) is 4.68 Å². The first kappa shape index (κ1) is 17.8. The van der Waals surface area contributed by atoms with E-state index in [0.717, 1.165) is 12.1 Å². The molecule has 1 aromatic heterocycles. The molecule has 4 rings (SSSR count). The van der Waals surface area contributed by atoms with Gasteiger partial charge in [0.05, 0.1) is 11.9 Å². The third kappa shape index (κ3) is 3.62. The molecule has 0 aliphatic carbocycles. The maximum Gasteiger partial charge on any atom is 0.277 e. The van der Waals surface area contributed by atoms with Crippen LogP contribution >= 0.6 is 0 Å². The van der Waals surface area contributed by atoms with Crippen molar-refractivity contribution in [3.8, 4) is 0 Å². The molecule has 2 aromatic carbocycles. The Bertz CT molecular complexity index is 1110. The van der Waals surface area contributed by atoms with Crippen LogP contribution in [-0.2, 0) is 16.1 Å². The molecule has 2 heterocycles. The number of carbonyl (C=O) groups excluding carboxylic acids is 2. The Balaban J connectivity index is 1.42. The predicted octanol–water partition coefficient (Wildman–Crippen LogP) is 1.95. The van der Waals surface area contributed by atoms with E-state index in [1.54, 1.807) is 47.4 Å². The number of nitrogens with one attached hydrogen (secondary N) is 1. The molecular formula is C20H19N5O3. The Morgan fingerprint density at radius 3 is 2.79 bits per heavy atom. The number of nitrogens with zero attached hydrogens (tertiary/aromatic N) is 4. The number of benzene rings is 2. The van der Waals surface area contributed by atoms with Gasteiger partial charge in [-0.1, -0.05) is 23.4 Å². The maximum absolute atomic E-state index is 12.4. The van der Waals surface area contributed by atoms with Crippen LogP contribution in [0.4, 0.5) is 11.4 Å². The third-order valence-corrected chi connectivity index (χ3v) is 4.69. The van der Waals surface area contributed by atoms with E-state index in [2.05, 4.69) is 15.6 Å². The summed E-state index contributed by atoms with van der Waals surface area (Å²) in [6.45, 7) is 0.826. The summed E-state index contributed by atoms with van der Waals surface area (Å²) in [6, 6.07) is 14.2. The lowest BCUT2D eigenvalue weighted by atomic mass is 10.2. The fraction of sp³-hybridized carbons (Fsp3) is 0.250. The van der Waals surface area contributed by atoms with E-state index >= 15 is 0 Å². The van der Waals surface area contributed by atoms with Crippen LogP contribution < -0.4 is 15.8 Å². The molecular weight excluding hydrogens is 358 g/mol. The molecule has 142 valence electrons. The van der Waals surface area contributed by atoms with Crippen LogP contribution in [0.1, 0.15) is 19.3 Å². The molecule has 8 nitrogen and oxygen atoms in total. The molecule has 0 saturated carbocycles. The molecule has 1 N–H and O–H groups in total. The van der Waals surface area contributed by atoms with Gasteiger partial charge in [-0.05, 0) is 36.8 Å². The van der Waals surface area contributed by atoms with Gasteiger partial charge in [0.15, 0.2) is 0 Å². The smallest absolute Gasteiger partial charge is 0.277 e. The van der Waals surface area contributed by atoms with Crippen molar-refractivity contribution in [1.82, 2.24) is 15.0 Å². The molecule has 0 atom stereocenters. The number of carbonyl (C=O) groups is 2. The van der Waals surface area contributed by atoms with Crippen LogP contribution in [0, 0.1) is 0 Å².